The van der Waals surface area contributed by atoms with Crippen molar-refractivity contribution in [3.63, 3.8) is 0 Å². The summed E-state index contributed by atoms with van der Waals surface area (Å²) in [6.45, 7) is 2.18. The maximum atomic E-state index is 3.47. The second-order valence-corrected chi connectivity index (χ2v) is 6.13. The average Bonchev–Trinajstić information content (AvgIpc) is 2.89. The van der Waals surface area contributed by atoms with Crippen LogP contribution in [-0.4, -0.2) is 4.98 Å². The monoisotopic (exact) mass is 299 g/mol. The zero-order valence-corrected chi connectivity index (χ0v) is 13.2. The second kappa shape index (κ2) is 4.29. The number of aromatic amines is 1. The zero-order valence-electron chi connectivity index (χ0n) is 13.2. The molecule has 5 aromatic rings. The highest BCUT2D eigenvalue weighted by Gasteiger charge is 2.31. The van der Waals surface area contributed by atoms with Crippen LogP contribution < -0.4 is 8.97 Å². The Balaban J connectivity index is 2.30. The highest BCUT2D eigenvalue weighted by molar-refractivity contribution is 6.07. The minimum atomic E-state index is 1.20. The number of para-hydroxylation sites is 3. The van der Waals surface area contributed by atoms with Gasteiger partial charge < -0.3 is 4.98 Å². The highest BCUT2D eigenvalue weighted by atomic mass is 15.1. The number of H-pyrrole nitrogens is 1. The molecule has 110 valence electrons. The summed E-state index contributed by atoms with van der Waals surface area (Å²) in [5.74, 6) is 0. The van der Waals surface area contributed by atoms with E-state index in [2.05, 4.69) is 82.5 Å². The molecule has 0 aliphatic rings. The van der Waals surface area contributed by atoms with Crippen molar-refractivity contribution in [2.75, 3.05) is 0 Å². The van der Waals surface area contributed by atoms with E-state index >= 15 is 0 Å². The van der Waals surface area contributed by atoms with Gasteiger partial charge in [0.15, 0.2) is 0 Å². The van der Waals surface area contributed by atoms with Gasteiger partial charge in [-0.1, -0.05) is 28.7 Å². The molecular weight excluding hydrogens is 282 g/mol. The van der Waals surface area contributed by atoms with E-state index in [4.69, 9.17) is 0 Å². The molecule has 0 amide bonds. The smallest absolute Gasteiger partial charge is 0.360 e. The van der Waals surface area contributed by atoms with E-state index in [-0.39, 0.29) is 0 Å². The fourth-order valence-electron chi connectivity index (χ4n) is 3.82. The van der Waals surface area contributed by atoms with E-state index in [0.717, 1.165) is 0 Å². The highest BCUT2D eigenvalue weighted by Crippen LogP contribution is 2.27. The average molecular weight is 299 g/mol. The molecule has 0 fully saturated rings. The zero-order chi connectivity index (χ0) is 15.6. The van der Waals surface area contributed by atoms with Gasteiger partial charge in [0, 0.05) is 24.4 Å². The molecule has 0 atom stereocenters. The molecule has 0 aliphatic heterocycles. The normalized spacial score (nSPS) is 11.9. The van der Waals surface area contributed by atoms with Crippen molar-refractivity contribution in [2.45, 2.75) is 6.92 Å². The third-order valence-corrected chi connectivity index (χ3v) is 4.86. The maximum Gasteiger partial charge on any atom is 0.460 e. The summed E-state index contributed by atoms with van der Waals surface area (Å²) in [5, 5.41) is 2.53. The number of fused-ring (bicyclic) bond motifs is 8. The number of rotatable bonds is 0. The molecule has 0 radical (unpaired) electrons. The molecule has 0 bridgehead atoms. The summed E-state index contributed by atoms with van der Waals surface area (Å²) in [4.78, 5) is 3.47. The van der Waals surface area contributed by atoms with Crippen LogP contribution in [0.3, 0.4) is 0 Å². The van der Waals surface area contributed by atoms with Crippen LogP contribution >= 0.6 is 0 Å². The Morgan fingerprint density at radius 3 is 2.35 bits per heavy atom. The van der Waals surface area contributed by atoms with E-state index in [0.29, 0.717) is 0 Å². The minimum Gasteiger partial charge on any atom is -0.360 e. The van der Waals surface area contributed by atoms with Gasteiger partial charge in [0.05, 0.1) is 10.9 Å². The van der Waals surface area contributed by atoms with E-state index in [1.54, 1.807) is 0 Å². The first-order chi connectivity index (χ1) is 11.3. The largest absolute Gasteiger partial charge is 0.460 e. The molecule has 2 aromatic carbocycles. The lowest BCUT2D eigenvalue weighted by atomic mass is 10.1. The molecule has 3 heteroatoms. The fourth-order valence-corrected chi connectivity index (χ4v) is 3.82. The van der Waals surface area contributed by atoms with Gasteiger partial charge >= 0.3 is 5.65 Å². The van der Waals surface area contributed by atoms with Crippen molar-refractivity contribution in [1.29, 1.82) is 0 Å². The SMILES string of the molecule is Cc1cc[nH]c2c3ccccc3[n+]3c4ccccc4[n+](C)c3c12. The quantitative estimate of drug-likeness (QED) is 0.335. The molecule has 3 aromatic heterocycles. The first kappa shape index (κ1) is 12.6. The van der Waals surface area contributed by atoms with Crippen molar-refractivity contribution < 1.29 is 8.97 Å². The van der Waals surface area contributed by atoms with Gasteiger partial charge in [-0.25, -0.2) is 0 Å². The number of nitrogens with zero attached hydrogens (tertiary/aromatic N) is 2. The van der Waals surface area contributed by atoms with Crippen LogP contribution in [0.4, 0.5) is 0 Å². The fraction of sp³-hybridized carbons (Fsp3) is 0.100. The molecule has 0 spiro atoms. The van der Waals surface area contributed by atoms with Crippen LogP contribution in [0.25, 0.3) is 38.5 Å². The molecule has 23 heavy (non-hydrogen) atoms. The summed E-state index contributed by atoms with van der Waals surface area (Å²) in [5.41, 5.74) is 7.43. The van der Waals surface area contributed by atoms with Gasteiger partial charge in [0.25, 0.3) is 11.0 Å². The van der Waals surface area contributed by atoms with E-state index in [1.807, 2.05) is 6.20 Å². The summed E-state index contributed by atoms with van der Waals surface area (Å²) in [7, 11) is 2.15. The third-order valence-electron chi connectivity index (χ3n) is 4.86. The molecule has 0 saturated heterocycles. The van der Waals surface area contributed by atoms with Crippen molar-refractivity contribution >= 4 is 38.5 Å². The molecule has 0 aliphatic carbocycles. The lowest BCUT2D eigenvalue weighted by Gasteiger charge is -2.02. The van der Waals surface area contributed by atoms with Crippen molar-refractivity contribution in [3.8, 4) is 0 Å². The number of pyridine rings is 2. The molecule has 1 N–H and O–H groups in total. The second-order valence-electron chi connectivity index (χ2n) is 6.13. The summed E-state index contributed by atoms with van der Waals surface area (Å²) < 4.78 is 4.68. The van der Waals surface area contributed by atoms with Crippen LogP contribution in [0.1, 0.15) is 5.56 Å². The summed E-state index contributed by atoms with van der Waals surface area (Å²) in [6.07, 6.45) is 2.03. The Morgan fingerprint density at radius 1 is 0.826 bits per heavy atom. The number of hydrogen-bond donors (Lipinski definition) is 1. The van der Waals surface area contributed by atoms with Gasteiger partial charge in [-0.2, -0.15) is 0 Å². The number of imidazole rings is 1. The summed E-state index contributed by atoms with van der Waals surface area (Å²) in [6, 6.07) is 19.4. The Morgan fingerprint density at radius 2 is 1.52 bits per heavy atom. The van der Waals surface area contributed by atoms with Crippen LogP contribution in [0.15, 0.2) is 60.8 Å². The van der Waals surface area contributed by atoms with Crippen molar-refractivity contribution in [2.24, 2.45) is 7.05 Å². The minimum absolute atomic E-state index is 1.20. The van der Waals surface area contributed by atoms with E-state index in [9.17, 15) is 0 Å². The van der Waals surface area contributed by atoms with Gasteiger partial charge in [0.2, 0.25) is 5.52 Å². The summed E-state index contributed by atoms with van der Waals surface area (Å²) >= 11 is 0. The van der Waals surface area contributed by atoms with E-state index in [1.165, 1.54) is 44.0 Å². The molecule has 3 nitrogen and oxygen atoms in total. The lowest BCUT2D eigenvalue weighted by molar-refractivity contribution is -0.658. The lowest BCUT2D eigenvalue weighted by Crippen LogP contribution is -2.33. The van der Waals surface area contributed by atoms with Gasteiger partial charge in [0.1, 0.15) is 12.4 Å². The van der Waals surface area contributed by atoms with Crippen molar-refractivity contribution in [3.05, 3.63) is 66.4 Å². The number of benzene rings is 2. The Hall–Kier alpha value is -2.94. The molecular formula is C20H17N3+2. The molecule has 5 rings (SSSR count). The Bertz CT molecular complexity index is 1230. The third kappa shape index (κ3) is 1.49. The van der Waals surface area contributed by atoms with Gasteiger partial charge in [-0.05, 0) is 24.6 Å². The number of hydrogen-bond acceptors (Lipinski definition) is 0. The number of aromatic nitrogens is 3. The Kier molecular flexibility index (Phi) is 2.35. The number of nitrogens with one attached hydrogen (secondary N) is 1. The van der Waals surface area contributed by atoms with Crippen LogP contribution in [0, 0.1) is 6.92 Å². The van der Waals surface area contributed by atoms with Crippen LogP contribution in [0.2, 0.25) is 0 Å². The predicted octanol–water partition coefficient (Wildman–Crippen LogP) is 3.35. The first-order valence-corrected chi connectivity index (χ1v) is 7.88. The number of aryl methyl sites for hydroxylation is 2. The first-order valence-electron chi connectivity index (χ1n) is 7.88. The molecule has 0 saturated carbocycles. The maximum absolute atomic E-state index is 3.47. The predicted molar refractivity (Wildman–Crippen MR) is 92.4 cm³/mol. The Labute approximate surface area is 133 Å². The molecule has 3 heterocycles. The topological polar surface area (TPSA) is 23.8 Å². The van der Waals surface area contributed by atoms with Crippen LogP contribution in [0.5, 0.6) is 0 Å². The van der Waals surface area contributed by atoms with Gasteiger partial charge in [-0.3, -0.25) is 0 Å². The molecule has 0 unspecified atom stereocenters. The standard InChI is InChI=1S/C20H16N3/c1-13-11-12-21-19-14-7-3-4-8-15(14)23-17-10-6-5-9-16(17)22(2)20(23)18(13)19/h3-12H,1-2H3/q+1/p+1. The van der Waals surface area contributed by atoms with Crippen LogP contribution in [-0.2, 0) is 7.05 Å². The van der Waals surface area contributed by atoms with E-state index < -0.39 is 0 Å². The van der Waals surface area contributed by atoms with Crippen molar-refractivity contribution in [1.82, 2.24) is 4.98 Å². The van der Waals surface area contributed by atoms with Gasteiger partial charge in [-0.15, -0.1) is 4.57 Å².